The summed E-state index contributed by atoms with van der Waals surface area (Å²) in [5.74, 6) is 0. The molecule has 0 unspecified atom stereocenters. The van der Waals surface area contributed by atoms with Crippen LogP contribution in [0.25, 0.3) is 21.8 Å². The average Bonchev–Trinajstić information content (AvgIpc) is 2.61. The number of fused-ring (bicyclic) bond motifs is 2. The lowest BCUT2D eigenvalue weighted by Gasteiger charge is -2.14. The summed E-state index contributed by atoms with van der Waals surface area (Å²) < 4.78 is 0. The lowest BCUT2D eigenvalue weighted by Crippen LogP contribution is -1.98. The number of aliphatic hydroxyl groups excluding tert-OH is 1. The van der Waals surface area contributed by atoms with E-state index in [1.54, 1.807) is 6.07 Å². The fourth-order valence-corrected chi connectivity index (χ4v) is 3.00. The number of halogens is 1. The molecule has 4 rings (SSSR count). The minimum Gasteiger partial charge on any atom is -0.399 e. The van der Waals surface area contributed by atoms with Crippen molar-refractivity contribution < 1.29 is 5.11 Å². The molecule has 0 aliphatic carbocycles. The summed E-state index contributed by atoms with van der Waals surface area (Å²) >= 11 is 0. The number of anilines is 3. The highest BCUT2D eigenvalue weighted by molar-refractivity contribution is 6.08. The molecule has 0 spiro atoms. The number of hydrogen-bond donors (Lipinski definition) is 3. The summed E-state index contributed by atoms with van der Waals surface area (Å²) in [4.78, 5) is 4.73. The van der Waals surface area contributed by atoms with Crippen LogP contribution in [0.15, 0.2) is 66.7 Å². The first-order valence-electron chi connectivity index (χ1n) is 7.79. The summed E-state index contributed by atoms with van der Waals surface area (Å²) in [5.41, 5.74) is 11.1. The molecule has 0 fully saturated rings. The number of nitrogens with zero attached hydrogens (tertiary/aromatic N) is 1. The van der Waals surface area contributed by atoms with Crippen molar-refractivity contribution in [3.63, 3.8) is 0 Å². The number of nitrogens with two attached hydrogens (primary N) is 1. The molecule has 126 valence electrons. The highest BCUT2D eigenvalue weighted by Crippen LogP contribution is 2.33. The van der Waals surface area contributed by atoms with Gasteiger partial charge in [0.2, 0.25) is 0 Å². The largest absolute Gasteiger partial charge is 0.399 e. The van der Waals surface area contributed by atoms with Gasteiger partial charge in [0.25, 0.3) is 0 Å². The minimum absolute atomic E-state index is 0. The molecule has 1 aromatic heterocycles. The second-order valence-electron chi connectivity index (χ2n) is 5.77. The molecule has 4 aromatic rings. The van der Waals surface area contributed by atoms with Crippen molar-refractivity contribution in [3.05, 3.63) is 72.3 Å². The van der Waals surface area contributed by atoms with Gasteiger partial charge in [0.15, 0.2) is 0 Å². The van der Waals surface area contributed by atoms with Crippen LogP contribution in [-0.4, -0.2) is 10.1 Å². The summed E-state index contributed by atoms with van der Waals surface area (Å²) in [6, 6.07) is 21.6. The van der Waals surface area contributed by atoms with E-state index in [2.05, 4.69) is 17.4 Å². The van der Waals surface area contributed by atoms with E-state index in [4.69, 9.17) is 10.7 Å². The fraction of sp³-hybridized carbons (Fsp3) is 0.0500. The summed E-state index contributed by atoms with van der Waals surface area (Å²) in [7, 11) is 0. The van der Waals surface area contributed by atoms with Gasteiger partial charge in [-0.1, -0.05) is 36.4 Å². The summed E-state index contributed by atoms with van der Waals surface area (Å²) in [6.45, 7) is -0.0441. The Bertz CT molecular complexity index is 995. The molecule has 1 heterocycles. The first kappa shape index (κ1) is 17.0. The Kier molecular flexibility index (Phi) is 4.74. The van der Waals surface area contributed by atoms with Gasteiger partial charge in [0.05, 0.1) is 23.3 Å². The van der Waals surface area contributed by atoms with Gasteiger partial charge in [-0.2, -0.15) is 0 Å². The molecule has 0 atom stereocenters. The number of hydrogen-bond acceptors (Lipinski definition) is 4. The van der Waals surface area contributed by atoms with Crippen molar-refractivity contribution in [2.75, 3.05) is 11.1 Å². The zero-order valence-corrected chi connectivity index (χ0v) is 14.3. The zero-order valence-electron chi connectivity index (χ0n) is 13.4. The van der Waals surface area contributed by atoms with Crippen LogP contribution < -0.4 is 11.1 Å². The topological polar surface area (TPSA) is 71.2 Å². The van der Waals surface area contributed by atoms with Gasteiger partial charge in [-0.15, -0.1) is 12.4 Å². The van der Waals surface area contributed by atoms with Crippen molar-refractivity contribution in [1.29, 1.82) is 0 Å². The number of aromatic nitrogens is 1. The first-order valence-corrected chi connectivity index (χ1v) is 7.79. The van der Waals surface area contributed by atoms with Crippen LogP contribution >= 0.6 is 12.4 Å². The van der Waals surface area contributed by atoms with Crippen molar-refractivity contribution in [2.24, 2.45) is 0 Å². The van der Waals surface area contributed by atoms with Gasteiger partial charge in [-0.05, 0) is 35.9 Å². The van der Waals surface area contributed by atoms with Gasteiger partial charge in [-0.25, -0.2) is 4.98 Å². The molecule has 0 aliphatic rings. The lowest BCUT2D eigenvalue weighted by molar-refractivity contribution is 0.282. The van der Waals surface area contributed by atoms with Crippen molar-refractivity contribution in [1.82, 2.24) is 4.98 Å². The third kappa shape index (κ3) is 3.22. The van der Waals surface area contributed by atoms with Crippen LogP contribution in [0.2, 0.25) is 0 Å². The molecule has 0 amide bonds. The van der Waals surface area contributed by atoms with Crippen LogP contribution in [0.1, 0.15) is 5.56 Å². The van der Waals surface area contributed by atoms with E-state index in [1.807, 2.05) is 48.5 Å². The minimum atomic E-state index is -0.0441. The van der Waals surface area contributed by atoms with Crippen LogP contribution in [0.4, 0.5) is 17.1 Å². The van der Waals surface area contributed by atoms with Crippen molar-refractivity contribution in [2.45, 2.75) is 6.61 Å². The third-order valence-electron chi connectivity index (χ3n) is 4.05. The molecular weight excluding hydrogens is 334 g/mol. The second-order valence-corrected chi connectivity index (χ2v) is 5.77. The quantitative estimate of drug-likeness (QED) is 0.372. The van der Waals surface area contributed by atoms with E-state index >= 15 is 0 Å². The first-order chi connectivity index (χ1) is 11.7. The number of aliphatic hydroxyl groups is 1. The van der Waals surface area contributed by atoms with E-state index in [1.165, 1.54) is 0 Å². The van der Waals surface area contributed by atoms with Crippen LogP contribution in [0.3, 0.4) is 0 Å². The van der Waals surface area contributed by atoms with Gasteiger partial charge >= 0.3 is 0 Å². The van der Waals surface area contributed by atoms with E-state index in [0.717, 1.165) is 38.7 Å². The number of benzene rings is 3. The Hall–Kier alpha value is -2.82. The molecule has 0 saturated heterocycles. The standard InChI is InChI=1S/C20H17N3O.ClH/c21-14-9-13(12-24)10-15(11-14)22-20-16-5-1-3-7-18(16)23-19-8-4-2-6-17(19)20;/h1-11,24H,12,21H2,(H,22,23);1H. The predicted molar refractivity (Wildman–Crippen MR) is 107 cm³/mol. The summed E-state index contributed by atoms with van der Waals surface area (Å²) in [5, 5.41) is 15.0. The second kappa shape index (κ2) is 6.97. The van der Waals surface area contributed by atoms with E-state index < -0.39 is 0 Å². The van der Waals surface area contributed by atoms with E-state index in [9.17, 15) is 5.11 Å². The maximum absolute atomic E-state index is 9.40. The van der Waals surface area contributed by atoms with E-state index in [0.29, 0.717) is 5.69 Å². The smallest absolute Gasteiger partial charge is 0.0730 e. The van der Waals surface area contributed by atoms with Crippen molar-refractivity contribution in [3.8, 4) is 0 Å². The van der Waals surface area contributed by atoms with Gasteiger partial charge in [0.1, 0.15) is 0 Å². The lowest BCUT2D eigenvalue weighted by atomic mass is 10.1. The number of nitrogens with one attached hydrogen (secondary N) is 1. The molecule has 25 heavy (non-hydrogen) atoms. The Morgan fingerprint density at radius 3 is 2.08 bits per heavy atom. The fourth-order valence-electron chi connectivity index (χ4n) is 3.00. The zero-order chi connectivity index (χ0) is 16.5. The van der Waals surface area contributed by atoms with E-state index in [-0.39, 0.29) is 19.0 Å². The molecule has 3 aromatic carbocycles. The number of para-hydroxylation sites is 2. The maximum Gasteiger partial charge on any atom is 0.0730 e. The molecule has 4 N–H and O–H groups in total. The molecule has 5 heteroatoms. The summed E-state index contributed by atoms with van der Waals surface area (Å²) in [6.07, 6.45) is 0. The normalized spacial score (nSPS) is 10.6. The molecule has 0 aliphatic heterocycles. The average molecular weight is 352 g/mol. The number of pyridine rings is 1. The molecule has 0 saturated carbocycles. The van der Waals surface area contributed by atoms with Gasteiger partial charge in [0, 0.05) is 22.1 Å². The third-order valence-corrected chi connectivity index (χ3v) is 4.05. The highest BCUT2D eigenvalue weighted by atomic mass is 35.5. The molecule has 0 bridgehead atoms. The van der Waals surface area contributed by atoms with Crippen molar-refractivity contribution >= 4 is 51.3 Å². The Labute approximate surface area is 151 Å². The SMILES string of the molecule is Cl.Nc1cc(CO)cc(Nc2c3ccccc3nc3ccccc23)c1. The Morgan fingerprint density at radius 1 is 0.880 bits per heavy atom. The predicted octanol–water partition coefficient (Wildman–Crippen LogP) is 4.63. The number of nitrogen functional groups attached to an aromatic ring is 1. The maximum atomic E-state index is 9.40. The monoisotopic (exact) mass is 351 g/mol. The highest BCUT2D eigenvalue weighted by Gasteiger charge is 2.09. The molecule has 0 radical (unpaired) electrons. The van der Waals surface area contributed by atoms with Crippen LogP contribution in [-0.2, 0) is 6.61 Å². The van der Waals surface area contributed by atoms with Crippen LogP contribution in [0, 0.1) is 0 Å². The Morgan fingerprint density at radius 2 is 1.48 bits per heavy atom. The molecule has 4 nitrogen and oxygen atoms in total. The van der Waals surface area contributed by atoms with Gasteiger partial charge < -0.3 is 16.2 Å². The molecular formula is C20H18ClN3O. The Balaban J connectivity index is 0.00000182. The van der Waals surface area contributed by atoms with Crippen LogP contribution in [0.5, 0.6) is 0 Å². The number of rotatable bonds is 3. The van der Waals surface area contributed by atoms with Gasteiger partial charge in [-0.3, -0.25) is 0 Å².